The van der Waals surface area contributed by atoms with Crippen molar-refractivity contribution in [3.63, 3.8) is 0 Å². The summed E-state index contributed by atoms with van der Waals surface area (Å²) in [4.78, 5) is 14.3. The van der Waals surface area contributed by atoms with Crippen molar-refractivity contribution in [3.8, 4) is 5.75 Å². The molecular weight excluding hydrogens is 452 g/mol. The Morgan fingerprint density at radius 3 is 2.72 bits per heavy atom. The summed E-state index contributed by atoms with van der Waals surface area (Å²) in [6.07, 6.45) is 1.09. The van der Waals surface area contributed by atoms with Crippen molar-refractivity contribution < 1.29 is 14.6 Å². The smallest absolute Gasteiger partial charge is 0.304 e. The average molecular weight is 485 g/mol. The van der Waals surface area contributed by atoms with Gasteiger partial charge in [0.1, 0.15) is 17.4 Å². The van der Waals surface area contributed by atoms with Crippen LogP contribution in [0.15, 0.2) is 60.7 Å². The summed E-state index contributed by atoms with van der Waals surface area (Å²) >= 11 is 0. The van der Waals surface area contributed by atoms with E-state index in [0.717, 1.165) is 54.0 Å². The predicted octanol–water partition coefficient (Wildman–Crippen LogP) is 5.06. The Balaban J connectivity index is 1.47. The number of carbonyl (C=O) groups is 1. The maximum absolute atomic E-state index is 11.9. The molecule has 2 atom stereocenters. The van der Waals surface area contributed by atoms with Gasteiger partial charge in [0.15, 0.2) is 0 Å². The third kappa shape index (κ3) is 4.97. The molecule has 1 aliphatic rings. The van der Waals surface area contributed by atoms with E-state index in [2.05, 4.69) is 65.5 Å². The van der Waals surface area contributed by atoms with Crippen molar-refractivity contribution in [3.05, 3.63) is 88.5 Å². The lowest BCUT2D eigenvalue weighted by Gasteiger charge is -2.25. The second kappa shape index (κ2) is 10.1. The van der Waals surface area contributed by atoms with Gasteiger partial charge in [-0.3, -0.25) is 9.69 Å². The van der Waals surface area contributed by atoms with Gasteiger partial charge in [0.05, 0.1) is 11.9 Å². The Morgan fingerprint density at radius 1 is 1.14 bits per heavy atom. The van der Waals surface area contributed by atoms with Crippen molar-refractivity contribution in [2.24, 2.45) is 7.05 Å². The number of aryl methyl sites for hydroxylation is 2. The van der Waals surface area contributed by atoms with Crippen LogP contribution >= 0.6 is 0 Å². The highest BCUT2D eigenvalue weighted by Gasteiger charge is 2.24. The van der Waals surface area contributed by atoms with Crippen LogP contribution in [0.2, 0.25) is 0 Å². The van der Waals surface area contributed by atoms with E-state index in [4.69, 9.17) is 4.74 Å². The second-order valence-electron chi connectivity index (χ2n) is 9.72. The predicted molar refractivity (Wildman–Crippen MR) is 139 cm³/mol. The van der Waals surface area contributed by atoms with Crippen LogP contribution in [0.3, 0.4) is 0 Å². The van der Waals surface area contributed by atoms with E-state index >= 15 is 0 Å². The molecule has 0 aliphatic carbocycles. The topological polar surface area (TPSA) is 80.5 Å². The normalized spacial score (nSPS) is 16.8. The fraction of sp³-hybridized carbons (Fsp3) is 0.345. The van der Waals surface area contributed by atoms with Crippen molar-refractivity contribution in [1.29, 1.82) is 0 Å². The highest BCUT2D eigenvalue weighted by molar-refractivity contribution is 5.76. The number of aliphatic carboxylic acids is 1. The Hall–Kier alpha value is -3.71. The molecule has 0 bridgehead atoms. The standard InChI is InChI=1S/C29H32N4O3/c1-4-24-18-33(16-22-7-5-6-8-28(22)36-24)17-23-13-20(10-9-19(23)2)25(15-29(34)35)21-11-12-27-26(14-21)30-31-32(27)3/h5-14,24-25H,4,15-18H2,1-3H3,(H,34,35). The van der Waals surface area contributed by atoms with Gasteiger partial charge in [-0.2, -0.15) is 0 Å². The van der Waals surface area contributed by atoms with E-state index in [1.165, 1.54) is 16.7 Å². The maximum atomic E-state index is 11.9. The SMILES string of the molecule is CCC1CN(Cc2cc(C(CC(=O)O)c3ccc4c(c3)nnn4C)ccc2C)Cc2ccccc2O1. The minimum Gasteiger partial charge on any atom is -0.489 e. The first kappa shape index (κ1) is 24.0. The molecular formula is C29H32N4O3. The van der Waals surface area contributed by atoms with Gasteiger partial charge in [0.25, 0.3) is 0 Å². The first-order valence-electron chi connectivity index (χ1n) is 12.5. The van der Waals surface area contributed by atoms with Gasteiger partial charge >= 0.3 is 5.97 Å². The Bertz CT molecular complexity index is 1400. The Labute approximate surface area is 211 Å². The summed E-state index contributed by atoms with van der Waals surface area (Å²) in [5.41, 5.74) is 7.23. The molecule has 0 spiro atoms. The molecule has 3 aromatic carbocycles. The van der Waals surface area contributed by atoms with E-state index in [0.29, 0.717) is 0 Å². The van der Waals surface area contributed by atoms with Gasteiger partial charge < -0.3 is 9.84 Å². The van der Waals surface area contributed by atoms with Crippen LogP contribution < -0.4 is 4.74 Å². The van der Waals surface area contributed by atoms with Crippen LogP contribution in [-0.4, -0.2) is 43.6 Å². The van der Waals surface area contributed by atoms with Gasteiger partial charge in [-0.15, -0.1) is 5.10 Å². The molecule has 1 aromatic heterocycles. The molecule has 4 aromatic rings. The second-order valence-corrected chi connectivity index (χ2v) is 9.72. The zero-order valence-corrected chi connectivity index (χ0v) is 21.0. The fourth-order valence-corrected chi connectivity index (χ4v) is 5.09. The number of fused-ring (bicyclic) bond motifs is 2. The molecule has 36 heavy (non-hydrogen) atoms. The summed E-state index contributed by atoms with van der Waals surface area (Å²) in [6, 6.07) is 20.5. The Kier molecular flexibility index (Phi) is 6.74. The van der Waals surface area contributed by atoms with Crippen molar-refractivity contribution >= 4 is 17.0 Å². The summed E-state index contributed by atoms with van der Waals surface area (Å²) in [5.74, 6) is -0.128. The quantitative estimate of drug-likeness (QED) is 0.395. The van der Waals surface area contributed by atoms with Crippen molar-refractivity contribution in [2.45, 2.75) is 51.8 Å². The summed E-state index contributed by atoms with van der Waals surface area (Å²) < 4.78 is 8.01. The van der Waals surface area contributed by atoms with E-state index in [9.17, 15) is 9.90 Å². The van der Waals surface area contributed by atoms with E-state index in [1.807, 2.05) is 31.3 Å². The first-order valence-corrected chi connectivity index (χ1v) is 12.5. The van der Waals surface area contributed by atoms with Crippen molar-refractivity contribution in [2.75, 3.05) is 6.54 Å². The Morgan fingerprint density at radius 2 is 1.92 bits per heavy atom. The number of hydrogen-bond donors (Lipinski definition) is 1. The number of rotatable bonds is 7. The number of ether oxygens (including phenoxy) is 1. The monoisotopic (exact) mass is 484 g/mol. The van der Waals surface area contributed by atoms with Gasteiger partial charge in [-0.1, -0.05) is 54.6 Å². The molecule has 2 heterocycles. The third-order valence-corrected chi connectivity index (χ3v) is 7.16. The minimum absolute atomic E-state index is 0.0110. The molecule has 1 N–H and O–H groups in total. The lowest BCUT2D eigenvalue weighted by Crippen LogP contribution is -2.32. The molecule has 0 fully saturated rings. The lowest BCUT2D eigenvalue weighted by molar-refractivity contribution is -0.137. The molecule has 2 unspecified atom stereocenters. The van der Waals surface area contributed by atoms with Crippen LogP contribution in [0, 0.1) is 6.92 Å². The molecule has 5 rings (SSSR count). The highest BCUT2D eigenvalue weighted by atomic mass is 16.5. The van der Waals surface area contributed by atoms with Crippen LogP contribution in [0.5, 0.6) is 5.75 Å². The highest BCUT2D eigenvalue weighted by Crippen LogP contribution is 2.32. The van der Waals surface area contributed by atoms with Gasteiger partial charge in [-0.25, -0.2) is 4.68 Å². The zero-order chi connectivity index (χ0) is 25.2. The first-order chi connectivity index (χ1) is 17.4. The number of benzene rings is 3. The van der Waals surface area contributed by atoms with E-state index < -0.39 is 5.97 Å². The lowest BCUT2D eigenvalue weighted by atomic mass is 9.86. The van der Waals surface area contributed by atoms with Gasteiger partial charge in [0, 0.05) is 38.2 Å². The molecule has 7 heteroatoms. The summed E-state index contributed by atoms with van der Waals surface area (Å²) in [7, 11) is 1.85. The number of hydrogen-bond acceptors (Lipinski definition) is 5. The number of carboxylic acids is 1. The van der Waals surface area contributed by atoms with Gasteiger partial charge in [-0.05, 0) is 53.8 Å². The third-order valence-electron chi connectivity index (χ3n) is 7.16. The molecule has 0 saturated heterocycles. The summed E-state index contributed by atoms with van der Waals surface area (Å²) in [5, 5.41) is 18.1. The zero-order valence-electron chi connectivity index (χ0n) is 21.0. The molecule has 186 valence electrons. The molecule has 0 saturated carbocycles. The minimum atomic E-state index is -0.826. The molecule has 7 nitrogen and oxygen atoms in total. The number of aromatic nitrogens is 3. The summed E-state index contributed by atoms with van der Waals surface area (Å²) in [6.45, 7) is 6.72. The van der Waals surface area contributed by atoms with Crippen molar-refractivity contribution in [1.82, 2.24) is 19.9 Å². The largest absolute Gasteiger partial charge is 0.489 e. The average Bonchev–Trinajstić information content (AvgIpc) is 3.13. The van der Waals surface area contributed by atoms with Crippen LogP contribution in [-0.2, 0) is 24.9 Å². The number of nitrogens with zero attached hydrogens (tertiary/aromatic N) is 4. The van der Waals surface area contributed by atoms with E-state index in [1.54, 1.807) is 4.68 Å². The number of carboxylic acid groups (broad SMARTS) is 1. The molecule has 0 radical (unpaired) electrons. The number of para-hydroxylation sites is 1. The van der Waals surface area contributed by atoms with Crippen LogP contribution in [0.1, 0.15) is 53.5 Å². The molecule has 0 amide bonds. The fourth-order valence-electron chi connectivity index (χ4n) is 5.09. The van der Waals surface area contributed by atoms with Crippen LogP contribution in [0.4, 0.5) is 0 Å². The van der Waals surface area contributed by atoms with Crippen LogP contribution in [0.25, 0.3) is 11.0 Å². The van der Waals surface area contributed by atoms with E-state index in [-0.39, 0.29) is 18.4 Å². The van der Waals surface area contributed by atoms with Gasteiger partial charge in [0.2, 0.25) is 0 Å². The maximum Gasteiger partial charge on any atom is 0.304 e. The molecule has 1 aliphatic heterocycles.